The van der Waals surface area contributed by atoms with Gasteiger partial charge in [-0.3, -0.25) is 0 Å². The molecule has 0 radical (unpaired) electrons. The van der Waals surface area contributed by atoms with Crippen LogP contribution in [0.2, 0.25) is 0 Å². The Morgan fingerprint density at radius 1 is 1.08 bits per heavy atom. The molecule has 0 aliphatic heterocycles. The molecule has 5 rings (SSSR count). The number of benzene rings is 1. The number of hydrogen-bond acceptors (Lipinski definition) is 0. The largest absolute Gasteiger partial charge is 0.0995 e. The van der Waals surface area contributed by atoms with Crippen LogP contribution in [0.1, 0.15) is 70.4 Å². The minimum absolute atomic E-state index is 0.387. The van der Waals surface area contributed by atoms with Gasteiger partial charge >= 0.3 is 0 Å². The number of allylic oxidation sites excluding steroid dienone is 14. The fourth-order valence-electron chi connectivity index (χ4n) is 7.43. The standard InChI is InChI=1S/C36H42/c1-8-11-23(3)33-24(4)19-32-21-31(27(7)35(32)36(33)28-12-9-10-13-28)20-30-18-25(5)34(26(30)6)29-16-14-22(2)15-17-29/h9-10,12,14-20,24,33-36H,3,7-8,11,13,21H2,1-2,4-6H3. The normalized spacial score (nSPS) is 30.6. The van der Waals surface area contributed by atoms with E-state index in [4.69, 9.17) is 6.58 Å². The fourth-order valence-corrected chi connectivity index (χ4v) is 7.43. The highest BCUT2D eigenvalue weighted by Gasteiger charge is 2.45. The summed E-state index contributed by atoms with van der Waals surface area (Å²) in [7, 11) is 0. The lowest BCUT2D eigenvalue weighted by Gasteiger charge is -2.42. The second kappa shape index (κ2) is 9.89. The summed E-state index contributed by atoms with van der Waals surface area (Å²) in [6.07, 6.45) is 18.8. The molecule has 0 spiro atoms. The average Bonchev–Trinajstić information content (AvgIpc) is 3.54. The molecule has 36 heavy (non-hydrogen) atoms. The molecule has 1 aromatic carbocycles. The molecule has 186 valence electrons. The Bertz CT molecular complexity index is 1260. The van der Waals surface area contributed by atoms with Gasteiger partial charge in [0, 0.05) is 11.8 Å². The second-order valence-corrected chi connectivity index (χ2v) is 11.7. The first-order chi connectivity index (χ1) is 17.3. The van der Waals surface area contributed by atoms with E-state index in [1.165, 1.54) is 51.0 Å². The van der Waals surface area contributed by atoms with Crippen molar-refractivity contribution in [3.05, 3.63) is 130 Å². The van der Waals surface area contributed by atoms with Gasteiger partial charge in [0.1, 0.15) is 0 Å². The first-order valence-electron chi connectivity index (χ1n) is 13.9. The summed E-state index contributed by atoms with van der Waals surface area (Å²) in [6, 6.07) is 9.06. The zero-order valence-corrected chi connectivity index (χ0v) is 22.9. The molecule has 0 amide bonds. The summed E-state index contributed by atoms with van der Waals surface area (Å²) >= 11 is 0. The van der Waals surface area contributed by atoms with Crippen molar-refractivity contribution in [2.45, 2.75) is 66.2 Å². The second-order valence-electron chi connectivity index (χ2n) is 11.7. The van der Waals surface area contributed by atoms with Crippen LogP contribution in [-0.4, -0.2) is 0 Å². The van der Waals surface area contributed by atoms with Crippen LogP contribution in [0.4, 0.5) is 0 Å². The Morgan fingerprint density at radius 2 is 1.83 bits per heavy atom. The first-order valence-corrected chi connectivity index (χ1v) is 13.9. The lowest BCUT2D eigenvalue weighted by atomic mass is 9.62. The van der Waals surface area contributed by atoms with Crippen LogP contribution in [0.15, 0.2) is 118 Å². The first kappa shape index (κ1) is 24.8. The van der Waals surface area contributed by atoms with Gasteiger partial charge in [0.15, 0.2) is 0 Å². The highest BCUT2D eigenvalue weighted by atomic mass is 14.5. The van der Waals surface area contributed by atoms with Gasteiger partial charge in [-0.2, -0.15) is 0 Å². The molecule has 0 heteroatoms. The minimum Gasteiger partial charge on any atom is -0.0995 e. The molecule has 0 heterocycles. The molecular formula is C36H42. The maximum atomic E-state index is 4.75. The zero-order chi connectivity index (χ0) is 25.6. The molecule has 1 saturated carbocycles. The Hall–Kier alpha value is -2.86. The van der Waals surface area contributed by atoms with Crippen LogP contribution in [0, 0.1) is 30.6 Å². The molecule has 0 N–H and O–H groups in total. The third kappa shape index (κ3) is 4.30. The van der Waals surface area contributed by atoms with Gasteiger partial charge in [0.2, 0.25) is 0 Å². The van der Waals surface area contributed by atoms with Crippen molar-refractivity contribution < 1.29 is 0 Å². The van der Waals surface area contributed by atoms with E-state index in [-0.39, 0.29) is 0 Å². The van der Waals surface area contributed by atoms with Gasteiger partial charge < -0.3 is 0 Å². The van der Waals surface area contributed by atoms with Crippen molar-refractivity contribution in [2.75, 3.05) is 0 Å². The van der Waals surface area contributed by atoms with E-state index in [1.807, 2.05) is 0 Å². The van der Waals surface area contributed by atoms with Gasteiger partial charge in [0.25, 0.3) is 0 Å². The summed E-state index contributed by atoms with van der Waals surface area (Å²) < 4.78 is 0. The predicted molar refractivity (Wildman–Crippen MR) is 156 cm³/mol. The SMILES string of the molecule is C=C1C(=CC2=C(C)C(c3ccc(C)cc3)C(C)=C2)CC2=CC(C)C(C(=C)CCC)C(C3=CC=CC3)C12. The van der Waals surface area contributed by atoms with Gasteiger partial charge in [-0.25, -0.2) is 0 Å². The van der Waals surface area contributed by atoms with E-state index in [2.05, 4.69) is 102 Å². The molecule has 1 aromatic rings. The Labute approximate surface area is 219 Å². The highest BCUT2D eigenvalue weighted by Crippen LogP contribution is 2.56. The van der Waals surface area contributed by atoms with Gasteiger partial charge in [0.05, 0.1) is 0 Å². The van der Waals surface area contributed by atoms with E-state index < -0.39 is 0 Å². The summed E-state index contributed by atoms with van der Waals surface area (Å²) in [5.74, 6) is 2.31. The molecular weight excluding hydrogens is 432 g/mol. The third-order valence-corrected chi connectivity index (χ3v) is 9.11. The molecule has 0 nitrogen and oxygen atoms in total. The third-order valence-electron chi connectivity index (χ3n) is 9.11. The summed E-state index contributed by atoms with van der Waals surface area (Å²) in [4.78, 5) is 0. The number of rotatable bonds is 6. The lowest BCUT2D eigenvalue weighted by Crippen LogP contribution is -2.34. The molecule has 5 unspecified atom stereocenters. The monoisotopic (exact) mass is 474 g/mol. The van der Waals surface area contributed by atoms with E-state index in [0.29, 0.717) is 29.6 Å². The van der Waals surface area contributed by atoms with E-state index in [9.17, 15) is 0 Å². The molecule has 4 aliphatic rings. The van der Waals surface area contributed by atoms with Crippen molar-refractivity contribution in [2.24, 2.45) is 23.7 Å². The molecule has 5 atom stereocenters. The van der Waals surface area contributed by atoms with Crippen LogP contribution in [0.3, 0.4) is 0 Å². The van der Waals surface area contributed by atoms with Gasteiger partial charge in [-0.1, -0.05) is 128 Å². The van der Waals surface area contributed by atoms with Crippen molar-refractivity contribution in [1.29, 1.82) is 0 Å². The highest BCUT2D eigenvalue weighted by molar-refractivity contribution is 5.59. The topological polar surface area (TPSA) is 0 Å². The Balaban J connectivity index is 1.50. The van der Waals surface area contributed by atoms with Crippen molar-refractivity contribution in [3.8, 4) is 0 Å². The zero-order valence-electron chi connectivity index (χ0n) is 22.9. The molecule has 0 saturated heterocycles. The summed E-state index contributed by atoms with van der Waals surface area (Å²) in [5, 5.41) is 0. The van der Waals surface area contributed by atoms with E-state index >= 15 is 0 Å². The number of fused-ring (bicyclic) bond motifs is 1. The Morgan fingerprint density at radius 3 is 2.50 bits per heavy atom. The fraction of sp³-hybridized carbons (Fsp3) is 0.389. The quantitative estimate of drug-likeness (QED) is 0.360. The van der Waals surface area contributed by atoms with E-state index in [1.54, 1.807) is 11.1 Å². The van der Waals surface area contributed by atoms with Crippen molar-refractivity contribution in [3.63, 3.8) is 0 Å². The molecule has 4 aliphatic carbocycles. The van der Waals surface area contributed by atoms with Crippen LogP contribution in [0.25, 0.3) is 0 Å². The van der Waals surface area contributed by atoms with Gasteiger partial charge in [-0.05, 0) is 80.1 Å². The van der Waals surface area contributed by atoms with Crippen LogP contribution >= 0.6 is 0 Å². The number of hydrogen-bond donors (Lipinski definition) is 0. The van der Waals surface area contributed by atoms with Crippen LogP contribution < -0.4 is 0 Å². The van der Waals surface area contributed by atoms with Crippen LogP contribution in [0.5, 0.6) is 0 Å². The predicted octanol–water partition coefficient (Wildman–Crippen LogP) is 9.91. The number of aryl methyl sites for hydroxylation is 1. The minimum atomic E-state index is 0.387. The summed E-state index contributed by atoms with van der Waals surface area (Å²) in [5.41, 5.74) is 14.4. The maximum absolute atomic E-state index is 4.75. The summed E-state index contributed by atoms with van der Waals surface area (Å²) in [6.45, 7) is 20.8. The lowest BCUT2D eigenvalue weighted by molar-refractivity contribution is 0.281. The van der Waals surface area contributed by atoms with Crippen molar-refractivity contribution >= 4 is 0 Å². The Kier molecular flexibility index (Phi) is 6.82. The smallest absolute Gasteiger partial charge is 0.0264 e. The average molecular weight is 475 g/mol. The molecule has 0 aromatic heterocycles. The molecule has 0 bridgehead atoms. The van der Waals surface area contributed by atoms with Crippen LogP contribution in [-0.2, 0) is 0 Å². The molecule has 1 fully saturated rings. The van der Waals surface area contributed by atoms with Crippen molar-refractivity contribution in [1.82, 2.24) is 0 Å². The van der Waals surface area contributed by atoms with Gasteiger partial charge in [-0.15, -0.1) is 0 Å². The maximum Gasteiger partial charge on any atom is 0.0264 e. The van der Waals surface area contributed by atoms with E-state index in [0.717, 1.165) is 19.3 Å².